The van der Waals surface area contributed by atoms with Crippen molar-refractivity contribution in [1.29, 1.82) is 10.5 Å². The smallest absolute Gasteiger partial charge is 0.230 e. The van der Waals surface area contributed by atoms with E-state index in [9.17, 15) is 4.79 Å². The van der Waals surface area contributed by atoms with Crippen LogP contribution in [0.15, 0.2) is 0 Å². The molecular weight excluding hydrogens is 388 g/mol. The van der Waals surface area contributed by atoms with Crippen LogP contribution < -0.4 is 5.32 Å². The van der Waals surface area contributed by atoms with Crippen LogP contribution in [0.25, 0.3) is 0 Å². The number of hydrogen-bond donors (Lipinski definition) is 1. The number of carbonyl (C=O) groups excluding carboxylic acids is 1. The molecule has 0 aliphatic carbocycles. The lowest BCUT2D eigenvalue weighted by Gasteiger charge is -2.22. The third kappa shape index (κ3) is 16.8. The first-order chi connectivity index (χ1) is 13.7. The van der Waals surface area contributed by atoms with Gasteiger partial charge in [0.1, 0.15) is 4.32 Å². The Labute approximate surface area is 181 Å². The number of amides is 1. The van der Waals surface area contributed by atoms with E-state index in [-0.39, 0.29) is 11.7 Å². The van der Waals surface area contributed by atoms with E-state index in [0.717, 1.165) is 19.4 Å². The maximum atomic E-state index is 11.9. The van der Waals surface area contributed by atoms with Crippen molar-refractivity contribution in [3.63, 3.8) is 0 Å². The normalized spacial score (nSPS) is 10.1. The number of carbonyl (C=O) groups is 1. The van der Waals surface area contributed by atoms with Gasteiger partial charge < -0.3 is 10.2 Å². The highest BCUT2D eigenvalue weighted by Gasteiger charge is 2.11. The van der Waals surface area contributed by atoms with Gasteiger partial charge in [-0.2, -0.15) is 10.5 Å². The summed E-state index contributed by atoms with van der Waals surface area (Å²) in [5.74, 6) is 0.274. The van der Waals surface area contributed by atoms with Crippen molar-refractivity contribution in [3.8, 4) is 12.1 Å². The van der Waals surface area contributed by atoms with Crippen LogP contribution >= 0.6 is 24.0 Å². The van der Waals surface area contributed by atoms with Crippen LogP contribution in [0.4, 0.5) is 0 Å². The quantitative estimate of drug-likeness (QED) is 0.256. The molecular formula is C21H36N4OS2. The van der Waals surface area contributed by atoms with Gasteiger partial charge in [-0.1, -0.05) is 88.7 Å². The minimum atomic E-state index is -0.0104. The Kier molecular flexibility index (Phi) is 19.5. The molecule has 0 radical (unpaired) electrons. The monoisotopic (exact) mass is 424 g/mol. The number of thioether (sulfide) groups is 1. The molecule has 0 spiro atoms. The van der Waals surface area contributed by atoms with Gasteiger partial charge in [0, 0.05) is 19.6 Å². The van der Waals surface area contributed by atoms with Gasteiger partial charge in [-0.05, 0) is 6.42 Å². The maximum Gasteiger partial charge on any atom is 0.230 e. The van der Waals surface area contributed by atoms with Crippen molar-refractivity contribution in [3.05, 3.63) is 0 Å². The SMILES string of the molecule is CCCCCCCCCCCCNC(=O)CSC(=S)N(CCC#N)CCC#N. The Morgan fingerprint density at radius 3 is 1.93 bits per heavy atom. The van der Waals surface area contributed by atoms with E-state index in [0.29, 0.717) is 30.3 Å². The molecule has 1 N–H and O–H groups in total. The number of rotatable bonds is 17. The average Bonchev–Trinajstić information content (AvgIpc) is 2.70. The van der Waals surface area contributed by atoms with Gasteiger partial charge >= 0.3 is 0 Å². The number of thiocarbonyl (C=S) groups is 1. The van der Waals surface area contributed by atoms with Crippen molar-refractivity contribution >= 4 is 34.2 Å². The first-order valence-electron chi connectivity index (χ1n) is 10.6. The zero-order valence-corrected chi connectivity index (χ0v) is 19.0. The topological polar surface area (TPSA) is 79.9 Å². The summed E-state index contributed by atoms with van der Waals surface area (Å²) in [5.41, 5.74) is 0. The second kappa shape index (κ2) is 20.4. The van der Waals surface area contributed by atoms with Crippen molar-refractivity contribution in [2.24, 2.45) is 0 Å². The van der Waals surface area contributed by atoms with Crippen LogP contribution in [0.2, 0.25) is 0 Å². The lowest BCUT2D eigenvalue weighted by atomic mass is 10.1. The summed E-state index contributed by atoms with van der Waals surface area (Å²) in [5, 5.41) is 20.4. The second-order valence-electron chi connectivity index (χ2n) is 6.89. The van der Waals surface area contributed by atoms with Crippen LogP contribution in [-0.2, 0) is 4.79 Å². The summed E-state index contributed by atoms with van der Waals surface area (Å²) in [6, 6.07) is 4.17. The summed E-state index contributed by atoms with van der Waals surface area (Å²) in [6.07, 6.45) is 13.5. The number of hydrogen-bond acceptors (Lipinski definition) is 5. The number of nitriles is 2. The van der Waals surface area contributed by atoms with Crippen molar-refractivity contribution < 1.29 is 4.79 Å². The summed E-state index contributed by atoms with van der Waals surface area (Å²) in [7, 11) is 0. The first-order valence-corrected chi connectivity index (χ1v) is 12.0. The number of unbranched alkanes of at least 4 members (excludes halogenated alkanes) is 9. The van der Waals surface area contributed by atoms with Gasteiger partial charge in [0.15, 0.2) is 0 Å². The zero-order chi connectivity index (χ0) is 20.9. The van der Waals surface area contributed by atoms with E-state index >= 15 is 0 Å². The Morgan fingerprint density at radius 2 is 1.43 bits per heavy atom. The van der Waals surface area contributed by atoms with E-state index in [1.807, 2.05) is 4.90 Å². The van der Waals surface area contributed by atoms with Crippen LogP contribution in [0.1, 0.15) is 84.0 Å². The zero-order valence-electron chi connectivity index (χ0n) is 17.4. The fourth-order valence-electron chi connectivity index (χ4n) is 2.77. The van der Waals surface area contributed by atoms with Gasteiger partial charge in [0.05, 0.1) is 30.7 Å². The largest absolute Gasteiger partial charge is 0.355 e. The van der Waals surface area contributed by atoms with E-state index in [2.05, 4.69) is 24.4 Å². The van der Waals surface area contributed by atoms with Crippen LogP contribution in [-0.4, -0.2) is 40.5 Å². The molecule has 0 aromatic rings. The third-order valence-corrected chi connectivity index (χ3v) is 5.95. The van der Waals surface area contributed by atoms with Crippen molar-refractivity contribution in [1.82, 2.24) is 10.2 Å². The molecule has 0 atom stereocenters. The molecule has 7 heteroatoms. The average molecular weight is 425 g/mol. The summed E-state index contributed by atoms with van der Waals surface area (Å²) in [6.45, 7) is 3.97. The standard InChI is InChI=1S/C21H36N4OS2/c1-2-3-4-5-6-7-8-9-10-11-16-24-20(26)19-28-21(27)25(17-12-14-22)18-13-15-23/h2-13,16-19H2,1H3,(H,24,26). The predicted octanol–water partition coefficient (Wildman–Crippen LogP) is 5.17. The molecule has 0 aliphatic rings. The van der Waals surface area contributed by atoms with Crippen LogP contribution in [0.5, 0.6) is 0 Å². The third-order valence-electron chi connectivity index (χ3n) is 4.42. The minimum Gasteiger partial charge on any atom is -0.355 e. The van der Waals surface area contributed by atoms with E-state index in [1.54, 1.807) is 0 Å². The van der Waals surface area contributed by atoms with Gasteiger partial charge in [0.25, 0.3) is 0 Å². The van der Waals surface area contributed by atoms with Gasteiger partial charge in [-0.25, -0.2) is 0 Å². The van der Waals surface area contributed by atoms with Crippen molar-refractivity contribution in [2.75, 3.05) is 25.4 Å². The summed E-state index contributed by atoms with van der Waals surface area (Å²) < 4.78 is 0.583. The molecule has 0 bridgehead atoms. The van der Waals surface area contributed by atoms with Gasteiger partial charge in [0.2, 0.25) is 5.91 Å². The maximum absolute atomic E-state index is 11.9. The molecule has 0 fully saturated rings. The lowest BCUT2D eigenvalue weighted by Crippen LogP contribution is -2.32. The van der Waals surface area contributed by atoms with E-state index in [1.165, 1.54) is 63.1 Å². The molecule has 0 aromatic heterocycles. The molecule has 0 heterocycles. The second-order valence-corrected chi connectivity index (χ2v) is 8.50. The molecule has 158 valence electrons. The van der Waals surface area contributed by atoms with E-state index in [4.69, 9.17) is 22.7 Å². The van der Waals surface area contributed by atoms with Crippen molar-refractivity contribution in [2.45, 2.75) is 84.0 Å². The van der Waals surface area contributed by atoms with Gasteiger partial charge in [-0.15, -0.1) is 0 Å². The molecule has 0 rings (SSSR count). The van der Waals surface area contributed by atoms with Crippen LogP contribution in [0, 0.1) is 22.7 Å². The van der Waals surface area contributed by atoms with Gasteiger partial charge in [-0.3, -0.25) is 4.79 Å². The Balaban J connectivity index is 3.68. The van der Waals surface area contributed by atoms with Crippen LogP contribution in [0.3, 0.4) is 0 Å². The molecule has 0 unspecified atom stereocenters. The highest BCUT2D eigenvalue weighted by Crippen LogP contribution is 2.12. The van der Waals surface area contributed by atoms with E-state index < -0.39 is 0 Å². The Hall–Kier alpha value is -1.31. The number of nitrogens with one attached hydrogen (secondary N) is 1. The molecule has 0 aromatic carbocycles. The minimum absolute atomic E-state index is 0.0104. The molecule has 5 nitrogen and oxygen atoms in total. The molecule has 0 aliphatic heterocycles. The highest BCUT2D eigenvalue weighted by molar-refractivity contribution is 8.23. The molecule has 0 saturated carbocycles. The fourth-order valence-corrected chi connectivity index (χ4v) is 3.86. The lowest BCUT2D eigenvalue weighted by molar-refractivity contribution is -0.118. The highest BCUT2D eigenvalue weighted by atomic mass is 32.2. The Bertz CT molecular complexity index is 482. The first kappa shape index (κ1) is 26.7. The number of nitrogens with zero attached hydrogens (tertiary/aromatic N) is 3. The predicted molar refractivity (Wildman–Crippen MR) is 122 cm³/mol. The summed E-state index contributed by atoms with van der Waals surface area (Å²) in [4.78, 5) is 13.8. The Morgan fingerprint density at radius 1 is 0.929 bits per heavy atom. The fraction of sp³-hybridized carbons (Fsp3) is 0.810. The molecule has 28 heavy (non-hydrogen) atoms. The summed E-state index contributed by atoms with van der Waals surface area (Å²) >= 11 is 6.64. The molecule has 0 saturated heterocycles. The molecule has 1 amide bonds.